The molecule has 1 saturated heterocycles. The van der Waals surface area contributed by atoms with Crippen LogP contribution >= 0.6 is 0 Å². The topological polar surface area (TPSA) is 73.8 Å². The first-order valence-corrected chi connectivity index (χ1v) is 11.4. The summed E-state index contributed by atoms with van der Waals surface area (Å²) in [5, 5.41) is 6.56. The number of aliphatic imine (C=N–C) groups is 1. The smallest absolute Gasteiger partial charge is 0.211 e. The van der Waals surface area contributed by atoms with Crippen molar-refractivity contribution in [3.8, 4) is 0 Å². The zero-order valence-corrected chi connectivity index (χ0v) is 17.3. The average Bonchev–Trinajstić information content (AvgIpc) is 2.61. The van der Waals surface area contributed by atoms with E-state index < -0.39 is 10.0 Å². The highest BCUT2D eigenvalue weighted by molar-refractivity contribution is 7.88. The molecule has 152 valence electrons. The van der Waals surface area contributed by atoms with E-state index in [1.54, 1.807) is 10.4 Å². The van der Waals surface area contributed by atoms with Crippen LogP contribution in [0.5, 0.6) is 0 Å². The molecule has 1 aliphatic heterocycles. The molecule has 0 aliphatic carbocycles. The van der Waals surface area contributed by atoms with Crippen molar-refractivity contribution in [2.45, 2.75) is 33.1 Å². The van der Waals surface area contributed by atoms with Crippen LogP contribution in [0.4, 0.5) is 4.39 Å². The Bertz CT molecular complexity index is 744. The lowest BCUT2D eigenvalue weighted by atomic mass is 9.98. The summed E-state index contributed by atoms with van der Waals surface area (Å²) in [6.45, 7) is 7.26. The van der Waals surface area contributed by atoms with Gasteiger partial charge in [0.15, 0.2) is 5.96 Å². The van der Waals surface area contributed by atoms with Gasteiger partial charge in [0.2, 0.25) is 10.0 Å². The maximum Gasteiger partial charge on any atom is 0.211 e. The van der Waals surface area contributed by atoms with E-state index >= 15 is 0 Å². The standard InChI is InChI=1S/C19H31FN4O2S/c1-4-21-19(22-10-7-17-5-6-18(20)13-15(17)2)23-14-16-8-11-24(12-9-16)27(3,25)26/h5-6,13,16H,4,7-12,14H2,1-3H3,(H2,21,22,23). The zero-order chi connectivity index (χ0) is 19.9. The van der Waals surface area contributed by atoms with Gasteiger partial charge in [-0.3, -0.25) is 4.99 Å². The van der Waals surface area contributed by atoms with Crippen LogP contribution in [-0.4, -0.2) is 57.7 Å². The Balaban J connectivity index is 1.82. The normalized spacial score (nSPS) is 17.1. The molecule has 2 N–H and O–H groups in total. The van der Waals surface area contributed by atoms with Crippen LogP contribution in [0.3, 0.4) is 0 Å². The second-order valence-corrected chi connectivity index (χ2v) is 9.06. The van der Waals surface area contributed by atoms with Crippen LogP contribution < -0.4 is 10.6 Å². The van der Waals surface area contributed by atoms with Crippen molar-refractivity contribution in [2.24, 2.45) is 10.9 Å². The molecule has 1 heterocycles. The minimum absolute atomic E-state index is 0.207. The Morgan fingerprint density at radius 1 is 1.30 bits per heavy atom. The van der Waals surface area contributed by atoms with Gasteiger partial charge < -0.3 is 10.6 Å². The van der Waals surface area contributed by atoms with Gasteiger partial charge in [-0.25, -0.2) is 17.1 Å². The van der Waals surface area contributed by atoms with Crippen molar-refractivity contribution in [1.82, 2.24) is 14.9 Å². The molecule has 2 rings (SSSR count). The van der Waals surface area contributed by atoms with Crippen molar-refractivity contribution < 1.29 is 12.8 Å². The van der Waals surface area contributed by atoms with Crippen molar-refractivity contribution in [2.75, 3.05) is 39.0 Å². The van der Waals surface area contributed by atoms with Gasteiger partial charge in [0.1, 0.15) is 5.82 Å². The van der Waals surface area contributed by atoms with E-state index in [4.69, 9.17) is 0 Å². The van der Waals surface area contributed by atoms with Crippen molar-refractivity contribution in [3.63, 3.8) is 0 Å². The molecule has 0 amide bonds. The first-order valence-electron chi connectivity index (χ1n) is 9.52. The summed E-state index contributed by atoms with van der Waals surface area (Å²) in [6, 6.07) is 4.87. The summed E-state index contributed by atoms with van der Waals surface area (Å²) < 4.78 is 37.9. The van der Waals surface area contributed by atoms with E-state index in [0.29, 0.717) is 32.1 Å². The summed E-state index contributed by atoms with van der Waals surface area (Å²) >= 11 is 0. The van der Waals surface area contributed by atoms with Crippen molar-refractivity contribution >= 4 is 16.0 Å². The van der Waals surface area contributed by atoms with Gasteiger partial charge in [-0.1, -0.05) is 6.07 Å². The predicted molar refractivity (Wildman–Crippen MR) is 108 cm³/mol. The van der Waals surface area contributed by atoms with Crippen LogP contribution in [0.25, 0.3) is 0 Å². The van der Waals surface area contributed by atoms with E-state index in [-0.39, 0.29) is 5.82 Å². The van der Waals surface area contributed by atoms with Gasteiger partial charge in [0, 0.05) is 32.7 Å². The molecule has 1 aliphatic rings. The molecule has 8 heteroatoms. The minimum Gasteiger partial charge on any atom is -0.357 e. The van der Waals surface area contributed by atoms with Gasteiger partial charge in [0.25, 0.3) is 0 Å². The summed E-state index contributed by atoms with van der Waals surface area (Å²) in [6.07, 6.45) is 3.74. The van der Waals surface area contributed by atoms with Gasteiger partial charge in [-0.2, -0.15) is 0 Å². The first kappa shape index (κ1) is 21.6. The second kappa shape index (κ2) is 10.0. The third kappa shape index (κ3) is 7.10. The monoisotopic (exact) mass is 398 g/mol. The average molecular weight is 399 g/mol. The maximum absolute atomic E-state index is 13.2. The molecular formula is C19H31FN4O2S. The lowest BCUT2D eigenvalue weighted by molar-refractivity contribution is 0.280. The summed E-state index contributed by atoms with van der Waals surface area (Å²) in [5.41, 5.74) is 2.07. The van der Waals surface area contributed by atoms with Crippen molar-refractivity contribution in [3.05, 3.63) is 35.1 Å². The number of rotatable bonds is 7. The Morgan fingerprint density at radius 2 is 2.00 bits per heavy atom. The highest BCUT2D eigenvalue weighted by Gasteiger charge is 2.24. The highest BCUT2D eigenvalue weighted by Crippen LogP contribution is 2.19. The molecule has 0 radical (unpaired) electrons. The number of nitrogens with one attached hydrogen (secondary N) is 2. The van der Waals surface area contributed by atoms with Crippen molar-refractivity contribution in [1.29, 1.82) is 0 Å². The van der Waals surface area contributed by atoms with Gasteiger partial charge >= 0.3 is 0 Å². The fourth-order valence-electron chi connectivity index (χ4n) is 3.24. The molecule has 6 nitrogen and oxygen atoms in total. The largest absolute Gasteiger partial charge is 0.357 e. The van der Waals surface area contributed by atoms with Crippen LogP contribution in [0.1, 0.15) is 30.9 Å². The predicted octanol–water partition coefficient (Wildman–Crippen LogP) is 1.90. The van der Waals surface area contributed by atoms with E-state index in [1.165, 1.54) is 12.3 Å². The first-order chi connectivity index (χ1) is 12.8. The molecule has 1 aromatic rings. The van der Waals surface area contributed by atoms with E-state index in [2.05, 4.69) is 15.6 Å². The zero-order valence-electron chi connectivity index (χ0n) is 16.5. The maximum atomic E-state index is 13.2. The molecule has 0 bridgehead atoms. The highest BCUT2D eigenvalue weighted by atomic mass is 32.2. The Kier molecular flexibility index (Phi) is 8.04. The number of halogens is 1. The summed E-state index contributed by atoms with van der Waals surface area (Å²) in [5.74, 6) is 0.960. The number of piperidine rings is 1. The van der Waals surface area contributed by atoms with Gasteiger partial charge in [-0.05, 0) is 62.3 Å². The van der Waals surface area contributed by atoms with Gasteiger partial charge in [0.05, 0.1) is 6.26 Å². The van der Waals surface area contributed by atoms with Crippen LogP contribution in [0, 0.1) is 18.7 Å². The molecule has 0 unspecified atom stereocenters. The lowest BCUT2D eigenvalue weighted by Gasteiger charge is -2.29. The van der Waals surface area contributed by atoms with Gasteiger partial charge in [-0.15, -0.1) is 0 Å². The fourth-order valence-corrected chi connectivity index (χ4v) is 4.12. The number of nitrogens with zero attached hydrogens (tertiary/aromatic N) is 2. The van der Waals surface area contributed by atoms with E-state index in [1.807, 2.05) is 19.9 Å². The molecule has 0 aromatic heterocycles. The number of sulfonamides is 1. The Labute approximate surface area is 162 Å². The second-order valence-electron chi connectivity index (χ2n) is 7.07. The third-order valence-electron chi connectivity index (χ3n) is 4.89. The summed E-state index contributed by atoms with van der Waals surface area (Å²) in [7, 11) is -3.08. The SMILES string of the molecule is CCNC(=NCC1CCN(S(C)(=O)=O)CC1)NCCc1ccc(F)cc1C. The molecule has 0 spiro atoms. The Morgan fingerprint density at radius 3 is 2.59 bits per heavy atom. The number of hydrogen-bond donors (Lipinski definition) is 2. The summed E-state index contributed by atoms with van der Waals surface area (Å²) in [4.78, 5) is 4.66. The van der Waals surface area contributed by atoms with Crippen LogP contribution in [0.2, 0.25) is 0 Å². The molecule has 0 atom stereocenters. The quantitative estimate of drug-likeness (QED) is 0.544. The van der Waals surface area contributed by atoms with Crippen LogP contribution in [-0.2, 0) is 16.4 Å². The lowest BCUT2D eigenvalue weighted by Crippen LogP contribution is -2.40. The number of guanidine groups is 1. The molecule has 27 heavy (non-hydrogen) atoms. The number of aryl methyl sites for hydroxylation is 1. The fraction of sp³-hybridized carbons (Fsp3) is 0.632. The Hall–Kier alpha value is -1.67. The van der Waals surface area contributed by atoms with E-state index in [9.17, 15) is 12.8 Å². The molecule has 0 saturated carbocycles. The molecular weight excluding hydrogens is 367 g/mol. The number of benzene rings is 1. The number of hydrogen-bond acceptors (Lipinski definition) is 3. The molecule has 1 fully saturated rings. The van der Waals surface area contributed by atoms with E-state index in [0.717, 1.165) is 42.9 Å². The molecule has 1 aromatic carbocycles. The minimum atomic E-state index is -3.08. The third-order valence-corrected chi connectivity index (χ3v) is 6.19. The van der Waals surface area contributed by atoms with Crippen LogP contribution in [0.15, 0.2) is 23.2 Å².